The number of nitrogens with zero attached hydrogens (tertiary/aromatic N) is 3. The normalized spacial score (nSPS) is 8.60. The largest absolute Gasteiger partial charge is 0.479 e. The van der Waals surface area contributed by atoms with Crippen LogP contribution in [0.2, 0.25) is 0 Å². The second-order valence-corrected chi connectivity index (χ2v) is 2.32. The van der Waals surface area contributed by atoms with Crippen LogP contribution in [-0.4, -0.2) is 41.3 Å². The smallest absolute Gasteiger partial charge is 0.330 e. The molecule has 8 heteroatoms. The number of hydrogen-bond acceptors (Lipinski definition) is 7. The molecule has 0 amide bonds. The summed E-state index contributed by atoms with van der Waals surface area (Å²) in [4.78, 5) is 18.5. The van der Waals surface area contributed by atoms with Crippen LogP contribution < -0.4 is 0 Å². The van der Waals surface area contributed by atoms with Crippen molar-refractivity contribution in [2.24, 2.45) is 0 Å². The molecule has 8 nitrogen and oxygen atoms in total. The molecular weight excluding hydrogens is 206 g/mol. The van der Waals surface area contributed by atoms with E-state index in [9.17, 15) is 4.79 Å². The second-order valence-electron chi connectivity index (χ2n) is 2.32. The van der Waals surface area contributed by atoms with E-state index in [0.29, 0.717) is 0 Å². The fourth-order valence-corrected chi connectivity index (χ4v) is 0.343. The summed E-state index contributed by atoms with van der Waals surface area (Å²) in [5.41, 5.74) is 0.176. The highest BCUT2D eigenvalue weighted by molar-refractivity contribution is 5.84. The molecule has 4 N–H and O–H groups in total. The Morgan fingerprint density at radius 3 is 1.40 bits per heavy atom. The van der Waals surface area contributed by atoms with E-state index in [1.54, 1.807) is 0 Å². The first kappa shape index (κ1) is 12.6. The lowest BCUT2D eigenvalue weighted by atomic mass is 10.4. The Labute approximate surface area is 84.2 Å². The van der Waals surface area contributed by atoms with E-state index in [1.165, 1.54) is 6.92 Å². The van der Waals surface area contributed by atoms with Crippen molar-refractivity contribution in [3.63, 3.8) is 0 Å². The summed E-state index contributed by atoms with van der Waals surface area (Å²) in [5, 5.41) is 33.1. The van der Waals surface area contributed by atoms with Gasteiger partial charge in [-0.05, 0) is 6.92 Å². The van der Waals surface area contributed by atoms with E-state index in [1.807, 2.05) is 0 Å². The van der Waals surface area contributed by atoms with Crippen LogP contribution >= 0.6 is 0 Å². The van der Waals surface area contributed by atoms with Gasteiger partial charge in [0.15, 0.2) is 0 Å². The van der Waals surface area contributed by atoms with Gasteiger partial charge in [-0.3, -0.25) is 0 Å². The van der Waals surface area contributed by atoms with Gasteiger partial charge in [0.05, 0.1) is 0 Å². The lowest BCUT2D eigenvalue weighted by Gasteiger charge is -1.90. The van der Waals surface area contributed by atoms with Gasteiger partial charge in [-0.2, -0.15) is 0 Å². The van der Waals surface area contributed by atoms with Crippen LogP contribution in [0.1, 0.15) is 6.92 Å². The fourth-order valence-electron chi connectivity index (χ4n) is 0.343. The van der Waals surface area contributed by atoms with Gasteiger partial charge in [0, 0.05) is 5.57 Å². The van der Waals surface area contributed by atoms with Crippen LogP contribution in [0.4, 0.5) is 0 Å². The molecule has 1 rings (SSSR count). The first-order valence-corrected chi connectivity index (χ1v) is 3.54. The molecule has 15 heavy (non-hydrogen) atoms. The van der Waals surface area contributed by atoms with Gasteiger partial charge in [0.2, 0.25) is 0 Å². The van der Waals surface area contributed by atoms with Gasteiger partial charge < -0.3 is 20.4 Å². The van der Waals surface area contributed by atoms with Crippen LogP contribution in [0.15, 0.2) is 12.2 Å². The Kier molecular flexibility index (Phi) is 4.52. The standard InChI is InChI=1S/C4H6O2.C3H3N3O3/c1-3(2)4(5)6;7-1-4-2(8)6-3(9)5-1/h1H2,2H3,(H,5,6);(H3,4,5,6,7,8,9). The second kappa shape index (κ2) is 5.37. The van der Waals surface area contributed by atoms with Crippen molar-refractivity contribution < 1.29 is 25.2 Å². The summed E-state index contributed by atoms with van der Waals surface area (Å²) >= 11 is 0. The maximum atomic E-state index is 9.60. The number of rotatable bonds is 1. The molecule has 0 radical (unpaired) electrons. The lowest BCUT2D eigenvalue weighted by Crippen LogP contribution is -1.92. The number of carboxylic acids is 1. The van der Waals surface area contributed by atoms with E-state index >= 15 is 0 Å². The maximum Gasteiger partial charge on any atom is 0.330 e. The van der Waals surface area contributed by atoms with Crippen molar-refractivity contribution in [1.82, 2.24) is 15.0 Å². The lowest BCUT2D eigenvalue weighted by molar-refractivity contribution is -0.132. The van der Waals surface area contributed by atoms with Gasteiger partial charge in [0.1, 0.15) is 0 Å². The van der Waals surface area contributed by atoms with Gasteiger partial charge >= 0.3 is 24.0 Å². The van der Waals surface area contributed by atoms with Gasteiger partial charge in [-0.25, -0.2) is 4.79 Å². The molecule has 0 bridgehead atoms. The fraction of sp³-hybridized carbons (Fsp3) is 0.143. The summed E-state index contributed by atoms with van der Waals surface area (Å²) in [6.07, 6.45) is 0. The Morgan fingerprint density at radius 1 is 1.07 bits per heavy atom. The van der Waals surface area contributed by atoms with Crippen LogP contribution in [0.3, 0.4) is 0 Å². The third-order valence-electron chi connectivity index (χ3n) is 0.965. The Morgan fingerprint density at radius 2 is 1.27 bits per heavy atom. The Hall–Kier alpha value is -2.38. The monoisotopic (exact) mass is 215 g/mol. The minimum absolute atomic E-state index is 0.176. The van der Waals surface area contributed by atoms with E-state index in [4.69, 9.17) is 20.4 Å². The summed E-state index contributed by atoms with van der Waals surface area (Å²) in [6.45, 7) is 4.60. The zero-order chi connectivity index (χ0) is 12.0. The minimum atomic E-state index is -0.935. The first-order chi connectivity index (χ1) is 6.82. The van der Waals surface area contributed by atoms with Crippen LogP contribution in [0, 0.1) is 0 Å². The number of hydrogen-bond donors (Lipinski definition) is 4. The third kappa shape index (κ3) is 5.80. The zero-order valence-electron chi connectivity index (χ0n) is 7.75. The van der Waals surface area contributed by atoms with Crippen molar-refractivity contribution in [3.05, 3.63) is 12.2 Å². The number of carbonyl (C=O) groups is 1. The van der Waals surface area contributed by atoms with E-state index in [2.05, 4.69) is 21.5 Å². The topological polar surface area (TPSA) is 137 Å². The molecule has 0 fully saturated rings. The van der Waals surface area contributed by atoms with Crippen molar-refractivity contribution in [1.29, 1.82) is 0 Å². The van der Waals surface area contributed by atoms with Crippen molar-refractivity contribution in [2.75, 3.05) is 0 Å². The average Bonchev–Trinajstić information content (AvgIpc) is 2.01. The summed E-state index contributed by atoms with van der Waals surface area (Å²) in [7, 11) is 0. The molecule has 1 aromatic heterocycles. The highest BCUT2D eigenvalue weighted by Crippen LogP contribution is 2.08. The molecule has 0 spiro atoms. The van der Waals surface area contributed by atoms with Crippen LogP contribution in [0.5, 0.6) is 18.0 Å². The molecular formula is C7H9N3O5. The molecule has 0 aliphatic carbocycles. The molecule has 0 atom stereocenters. The molecule has 0 unspecified atom stereocenters. The predicted molar refractivity (Wildman–Crippen MR) is 47.3 cm³/mol. The van der Waals surface area contributed by atoms with Crippen LogP contribution in [0.25, 0.3) is 0 Å². The summed E-state index contributed by atoms with van der Waals surface area (Å²) in [6, 6.07) is -2.12. The predicted octanol–water partition coefficient (Wildman–Crippen LogP) is -0.365. The molecule has 82 valence electrons. The third-order valence-corrected chi connectivity index (χ3v) is 0.965. The molecule has 0 aliphatic heterocycles. The number of aromatic hydroxyl groups is 3. The molecule has 0 saturated heterocycles. The molecule has 1 heterocycles. The average molecular weight is 215 g/mol. The van der Waals surface area contributed by atoms with E-state index < -0.39 is 24.0 Å². The molecule has 0 saturated carbocycles. The number of aromatic nitrogens is 3. The molecule has 0 aromatic carbocycles. The van der Waals surface area contributed by atoms with Crippen LogP contribution in [-0.2, 0) is 4.79 Å². The quantitative estimate of drug-likeness (QED) is 0.466. The van der Waals surface area contributed by atoms with Crippen molar-refractivity contribution in [2.45, 2.75) is 6.92 Å². The Bertz CT molecular complexity index is 316. The molecule has 1 aromatic rings. The number of aliphatic carboxylic acids is 1. The maximum absolute atomic E-state index is 9.60. The summed E-state index contributed by atoms with van der Waals surface area (Å²) in [5.74, 6) is -0.935. The highest BCUT2D eigenvalue weighted by Gasteiger charge is 1.99. The van der Waals surface area contributed by atoms with E-state index in [0.717, 1.165) is 0 Å². The summed E-state index contributed by atoms with van der Waals surface area (Å²) < 4.78 is 0. The minimum Gasteiger partial charge on any atom is -0.479 e. The van der Waals surface area contributed by atoms with Gasteiger partial charge in [-0.15, -0.1) is 15.0 Å². The number of carboxylic acid groups (broad SMARTS) is 1. The Balaban J connectivity index is 0.000000288. The highest BCUT2D eigenvalue weighted by atomic mass is 16.4. The zero-order valence-corrected chi connectivity index (χ0v) is 7.75. The van der Waals surface area contributed by atoms with Gasteiger partial charge in [-0.1, -0.05) is 6.58 Å². The van der Waals surface area contributed by atoms with Gasteiger partial charge in [0.25, 0.3) is 0 Å². The first-order valence-electron chi connectivity index (χ1n) is 3.54. The van der Waals surface area contributed by atoms with E-state index in [-0.39, 0.29) is 5.57 Å². The van der Waals surface area contributed by atoms with Crippen molar-refractivity contribution >= 4 is 5.97 Å². The van der Waals surface area contributed by atoms with Crippen molar-refractivity contribution in [3.8, 4) is 18.0 Å². The SMILES string of the molecule is C=C(C)C(=O)O.Oc1nc(O)nc(O)n1. The molecule has 0 aliphatic rings.